The van der Waals surface area contributed by atoms with Crippen LogP contribution < -0.4 is 5.32 Å². The molecule has 0 bridgehead atoms. The third-order valence-corrected chi connectivity index (χ3v) is 5.47. The molecule has 1 aliphatic carbocycles. The van der Waals surface area contributed by atoms with Crippen molar-refractivity contribution in [1.82, 2.24) is 15.1 Å². The number of aryl methyl sites for hydroxylation is 2. The lowest BCUT2D eigenvalue weighted by molar-refractivity contribution is 0.138. The van der Waals surface area contributed by atoms with Crippen LogP contribution in [0.3, 0.4) is 0 Å². The van der Waals surface area contributed by atoms with Gasteiger partial charge in [0.05, 0.1) is 0 Å². The summed E-state index contributed by atoms with van der Waals surface area (Å²) in [6.45, 7) is 9.31. The molecule has 1 aromatic heterocycles. The maximum atomic E-state index is 4.30. The molecule has 1 heterocycles. The Hall–Kier alpha value is -0.830. The van der Waals surface area contributed by atoms with E-state index in [0.29, 0.717) is 0 Å². The maximum absolute atomic E-state index is 4.30. The maximum Gasteiger partial charge on any atom is 0.0492 e. The smallest absolute Gasteiger partial charge is 0.0492 e. The van der Waals surface area contributed by atoms with Crippen molar-refractivity contribution in [3.05, 3.63) is 18.0 Å². The van der Waals surface area contributed by atoms with Crippen LogP contribution >= 0.6 is 0 Å². The number of nitrogens with zero attached hydrogens (tertiary/aromatic N) is 2. The fourth-order valence-corrected chi connectivity index (χ4v) is 3.90. The van der Waals surface area contributed by atoms with E-state index in [1.807, 2.05) is 10.9 Å². The minimum Gasteiger partial charge on any atom is -0.317 e. The van der Waals surface area contributed by atoms with Crippen molar-refractivity contribution in [3.63, 3.8) is 0 Å². The molecule has 0 aliphatic heterocycles. The first-order valence-electron chi connectivity index (χ1n) is 8.79. The van der Waals surface area contributed by atoms with Gasteiger partial charge in [0, 0.05) is 18.9 Å². The third-order valence-electron chi connectivity index (χ3n) is 5.47. The third kappa shape index (κ3) is 4.57. The van der Waals surface area contributed by atoms with E-state index in [2.05, 4.69) is 44.3 Å². The molecule has 1 fully saturated rings. The summed E-state index contributed by atoms with van der Waals surface area (Å²) in [6.07, 6.45) is 8.67. The molecular weight excluding hydrogens is 258 g/mol. The Morgan fingerprint density at radius 3 is 2.76 bits per heavy atom. The first-order chi connectivity index (χ1) is 10.1. The molecule has 0 amide bonds. The van der Waals surface area contributed by atoms with Crippen LogP contribution in [-0.2, 0) is 13.5 Å². The van der Waals surface area contributed by atoms with Crippen molar-refractivity contribution in [1.29, 1.82) is 0 Å². The molecule has 1 aliphatic rings. The number of hydrogen-bond donors (Lipinski definition) is 1. The van der Waals surface area contributed by atoms with Crippen molar-refractivity contribution >= 4 is 0 Å². The van der Waals surface area contributed by atoms with Crippen molar-refractivity contribution in [2.24, 2.45) is 30.7 Å². The lowest BCUT2D eigenvalue weighted by Gasteiger charge is -2.38. The van der Waals surface area contributed by atoms with Crippen LogP contribution in [-0.4, -0.2) is 22.9 Å². The van der Waals surface area contributed by atoms with Gasteiger partial charge in [-0.3, -0.25) is 4.68 Å². The van der Waals surface area contributed by atoms with Gasteiger partial charge in [-0.05, 0) is 74.9 Å². The summed E-state index contributed by atoms with van der Waals surface area (Å²) in [7, 11) is 2.06. The number of hydrogen-bond acceptors (Lipinski definition) is 2. The van der Waals surface area contributed by atoms with Gasteiger partial charge >= 0.3 is 0 Å². The van der Waals surface area contributed by atoms with E-state index in [0.717, 1.165) is 30.2 Å². The lowest BCUT2D eigenvalue weighted by Crippen LogP contribution is -2.34. The second kappa shape index (κ2) is 7.98. The average Bonchev–Trinajstić information content (AvgIpc) is 2.88. The molecule has 2 rings (SSSR count). The van der Waals surface area contributed by atoms with E-state index < -0.39 is 0 Å². The number of aromatic nitrogens is 2. The Kier molecular flexibility index (Phi) is 6.28. The molecule has 3 heteroatoms. The van der Waals surface area contributed by atoms with Gasteiger partial charge in [-0.2, -0.15) is 5.10 Å². The summed E-state index contributed by atoms with van der Waals surface area (Å²) in [4.78, 5) is 0. The summed E-state index contributed by atoms with van der Waals surface area (Å²) in [5.74, 6) is 3.51. The fraction of sp³-hybridized carbons (Fsp3) is 0.833. The van der Waals surface area contributed by atoms with Gasteiger partial charge in [0.1, 0.15) is 0 Å². The van der Waals surface area contributed by atoms with Crippen LogP contribution in [0.5, 0.6) is 0 Å². The molecule has 120 valence electrons. The monoisotopic (exact) mass is 291 g/mol. The largest absolute Gasteiger partial charge is 0.317 e. The molecule has 1 saturated carbocycles. The Bertz CT molecular complexity index is 410. The van der Waals surface area contributed by atoms with Crippen LogP contribution in [0.2, 0.25) is 0 Å². The van der Waals surface area contributed by atoms with E-state index in [1.165, 1.54) is 44.3 Å². The second-order valence-corrected chi connectivity index (χ2v) is 7.13. The first kappa shape index (κ1) is 16.5. The Morgan fingerprint density at radius 2 is 2.14 bits per heavy atom. The summed E-state index contributed by atoms with van der Waals surface area (Å²) < 4.78 is 2.03. The molecule has 21 heavy (non-hydrogen) atoms. The Morgan fingerprint density at radius 1 is 1.33 bits per heavy atom. The highest BCUT2D eigenvalue weighted by Crippen LogP contribution is 2.39. The molecule has 1 N–H and O–H groups in total. The van der Waals surface area contributed by atoms with Crippen LogP contribution in [0, 0.1) is 23.7 Å². The van der Waals surface area contributed by atoms with E-state index in [9.17, 15) is 0 Å². The molecule has 0 aromatic carbocycles. The number of rotatable bonds is 7. The van der Waals surface area contributed by atoms with E-state index in [-0.39, 0.29) is 0 Å². The predicted molar refractivity (Wildman–Crippen MR) is 89.2 cm³/mol. The Labute approximate surface area is 130 Å². The van der Waals surface area contributed by atoms with Gasteiger partial charge < -0.3 is 5.32 Å². The second-order valence-electron chi connectivity index (χ2n) is 7.13. The van der Waals surface area contributed by atoms with Gasteiger partial charge in [-0.15, -0.1) is 0 Å². The van der Waals surface area contributed by atoms with Crippen LogP contribution in [0.4, 0.5) is 0 Å². The first-order valence-corrected chi connectivity index (χ1v) is 8.79. The molecule has 3 unspecified atom stereocenters. The van der Waals surface area contributed by atoms with Gasteiger partial charge in [0.25, 0.3) is 0 Å². The van der Waals surface area contributed by atoms with Crippen molar-refractivity contribution < 1.29 is 0 Å². The molecule has 3 atom stereocenters. The highest BCUT2D eigenvalue weighted by atomic mass is 15.2. The summed E-state index contributed by atoms with van der Waals surface area (Å²) in [5, 5.41) is 7.88. The predicted octanol–water partition coefficient (Wildman–Crippen LogP) is 3.65. The average molecular weight is 291 g/mol. The van der Waals surface area contributed by atoms with E-state index in [1.54, 1.807) is 0 Å². The van der Waals surface area contributed by atoms with Gasteiger partial charge in [-0.25, -0.2) is 0 Å². The standard InChI is InChI=1S/C18H33N3/c1-5-19-13-17-7-6-15(14(2)3)12-16(17)8-9-18-10-11-20-21(18)4/h10-11,14-17,19H,5-9,12-13H2,1-4H3. The zero-order chi connectivity index (χ0) is 15.2. The SMILES string of the molecule is CCNCC1CCC(C(C)C)CC1CCc1ccnn1C. The Balaban J connectivity index is 1.93. The summed E-state index contributed by atoms with van der Waals surface area (Å²) in [5.41, 5.74) is 1.38. The molecule has 0 saturated heterocycles. The van der Waals surface area contributed by atoms with E-state index >= 15 is 0 Å². The molecule has 0 spiro atoms. The van der Waals surface area contributed by atoms with Gasteiger partial charge in [-0.1, -0.05) is 20.8 Å². The number of nitrogens with one attached hydrogen (secondary N) is 1. The summed E-state index contributed by atoms with van der Waals surface area (Å²) in [6, 6.07) is 2.17. The molecule has 1 aromatic rings. The van der Waals surface area contributed by atoms with Crippen molar-refractivity contribution in [2.45, 2.75) is 52.9 Å². The minimum absolute atomic E-state index is 0.837. The molecule has 3 nitrogen and oxygen atoms in total. The lowest BCUT2D eigenvalue weighted by atomic mass is 9.69. The zero-order valence-corrected chi connectivity index (χ0v) is 14.3. The normalized spacial score (nSPS) is 26.4. The minimum atomic E-state index is 0.837. The van der Waals surface area contributed by atoms with E-state index in [4.69, 9.17) is 0 Å². The van der Waals surface area contributed by atoms with Gasteiger partial charge in [0.15, 0.2) is 0 Å². The van der Waals surface area contributed by atoms with Gasteiger partial charge in [0.2, 0.25) is 0 Å². The summed E-state index contributed by atoms with van der Waals surface area (Å²) >= 11 is 0. The van der Waals surface area contributed by atoms with Crippen LogP contribution in [0.25, 0.3) is 0 Å². The van der Waals surface area contributed by atoms with Crippen molar-refractivity contribution in [2.75, 3.05) is 13.1 Å². The highest BCUT2D eigenvalue weighted by molar-refractivity contribution is 5.00. The topological polar surface area (TPSA) is 29.9 Å². The molecule has 0 radical (unpaired) electrons. The van der Waals surface area contributed by atoms with Crippen LogP contribution in [0.15, 0.2) is 12.3 Å². The molecular formula is C18H33N3. The fourth-order valence-electron chi connectivity index (χ4n) is 3.90. The zero-order valence-electron chi connectivity index (χ0n) is 14.3. The van der Waals surface area contributed by atoms with Crippen molar-refractivity contribution in [3.8, 4) is 0 Å². The highest BCUT2D eigenvalue weighted by Gasteiger charge is 2.31. The van der Waals surface area contributed by atoms with Crippen LogP contribution in [0.1, 0.15) is 52.1 Å². The quantitative estimate of drug-likeness (QED) is 0.831.